The van der Waals surface area contributed by atoms with Crippen molar-refractivity contribution < 1.29 is 62.2 Å². The molecule has 0 nitrogen and oxygen atoms in total. The van der Waals surface area contributed by atoms with E-state index in [9.17, 15) is 13.2 Å². The minimum absolute atomic E-state index is 0. The molecular weight excluding hydrogens is 760 g/mol. The number of rotatable bonds is 2. The molecule has 0 spiro atoms. The third-order valence-corrected chi connectivity index (χ3v) is 11.0. The zero-order valence-electron chi connectivity index (χ0n) is 31.7. The van der Waals surface area contributed by atoms with E-state index in [2.05, 4.69) is 125 Å². The Kier molecular flexibility index (Phi) is 13.1. The number of benzene rings is 3. The van der Waals surface area contributed by atoms with Crippen LogP contribution in [0, 0.1) is 13.0 Å². The van der Waals surface area contributed by atoms with E-state index in [0.717, 1.165) is 30.5 Å². The molecule has 4 aromatic rings. The molecule has 7 rings (SSSR count). The fraction of sp³-hybridized carbons (Fsp3) is 0.378. The zero-order chi connectivity index (χ0) is 36.3. The fourth-order valence-corrected chi connectivity index (χ4v) is 8.22. The minimum Gasteiger partial charge on any atom is -1.00 e. The molecule has 0 atom stereocenters. The van der Waals surface area contributed by atoms with Gasteiger partial charge in [-0.3, -0.25) is 6.08 Å². The molecule has 0 unspecified atom stereocenters. The molecule has 0 heterocycles. The van der Waals surface area contributed by atoms with Gasteiger partial charge in [0, 0.05) is 5.41 Å². The first kappa shape index (κ1) is 43.0. The normalized spacial score (nSPS) is 15.6. The van der Waals surface area contributed by atoms with E-state index in [1.165, 1.54) is 109 Å². The van der Waals surface area contributed by atoms with Crippen LogP contribution in [0.15, 0.2) is 66.7 Å². The molecule has 6 heteroatoms. The summed E-state index contributed by atoms with van der Waals surface area (Å²) >= 11 is 1.18. The maximum Gasteiger partial charge on any atom is -1.00 e. The van der Waals surface area contributed by atoms with Gasteiger partial charge in [0.15, 0.2) is 0 Å². The van der Waals surface area contributed by atoms with Crippen molar-refractivity contribution in [2.45, 2.75) is 111 Å². The van der Waals surface area contributed by atoms with Crippen molar-refractivity contribution in [3.05, 3.63) is 134 Å². The second-order valence-electron chi connectivity index (χ2n) is 16.0. The van der Waals surface area contributed by atoms with E-state index < -0.39 is 11.7 Å². The van der Waals surface area contributed by atoms with Gasteiger partial charge in [-0.25, -0.2) is 11.6 Å². The molecule has 51 heavy (non-hydrogen) atoms. The van der Waals surface area contributed by atoms with E-state index >= 15 is 0 Å². The molecule has 0 N–H and O–H groups in total. The van der Waals surface area contributed by atoms with E-state index in [1.807, 2.05) is 3.71 Å². The Morgan fingerprint density at radius 3 is 1.84 bits per heavy atom. The molecule has 0 amide bonds. The van der Waals surface area contributed by atoms with Crippen molar-refractivity contribution in [1.29, 1.82) is 0 Å². The molecule has 0 bridgehead atoms. The van der Waals surface area contributed by atoms with Gasteiger partial charge < -0.3 is 24.8 Å². The Hall–Kier alpha value is -2.39. The molecule has 0 saturated carbocycles. The largest absolute Gasteiger partial charge is 1.00 e. The monoisotopic (exact) mass is 806 g/mol. The van der Waals surface area contributed by atoms with Gasteiger partial charge in [-0.05, 0) is 58.4 Å². The molecule has 3 aliphatic carbocycles. The van der Waals surface area contributed by atoms with Gasteiger partial charge in [-0.2, -0.15) is 28.3 Å². The Labute approximate surface area is 331 Å². The Balaban J connectivity index is 0.000000229. The molecule has 270 valence electrons. The topological polar surface area (TPSA) is 0 Å². The van der Waals surface area contributed by atoms with E-state index in [1.54, 1.807) is 0 Å². The first-order chi connectivity index (χ1) is 22.7. The summed E-state index contributed by atoms with van der Waals surface area (Å²) in [7, 11) is 0. The van der Waals surface area contributed by atoms with Crippen molar-refractivity contribution >= 4 is 14.9 Å². The SMILES string of the molecule is CC1=[C-]C(C)(C)c2cc3c(cc21)-c1cc2c(cc1C3)C(C)(C)C=C2C.CCc1[cH-]c(C)cc1C(C)(C)C.FC(F)(F)c1ccc([CH]=[Zr+2])cc1.[Cl-].[Cl-]. The molecular formula is C45H49Cl2F3Zr-2. The van der Waals surface area contributed by atoms with Crippen molar-refractivity contribution in [3.63, 3.8) is 0 Å². The number of alkyl halides is 3. The van der Waals surface area contributed by atoms with Crippen LogP contribution in [0.5, 0.6) is 0 Å². The number of hydrogen-bond donors (Lipinski definition) is 0. The molecule has 0 radical (unpaired) electrons. The van der Waals surface area contributed by atoms with Gasteiger partial charge in [0.1, 0.15) is 0 Å². The van der Waals surface area contributed by atoms with E-state index in [-0.39, 0.29) is 35.6 Å². The summed E-state index contributed by atoms with van der Waals surface area (Å²) in [4.78, 5) is 0. The fourth-order valence-electron chi connectivity index (χ4n) is 7.75. The van der Waals surface area contributed by atoms with Crippen LogP contribution in [0.4, 0.5) is 13.2 Å². The second-order valence-corrected chi connectivity index (χ2v) is 16.8. The van der Waals surface area contributed by atoms with Crippen LogP contribution in [-0.2, 0) is 59.5 Å². The smallest absolute Gasteiger partial charge is 1.00 e. The number of halogens is 5. The van der Waals surface area contributed by atoms with Gasteiger partial charge in [0.2, 0.25) is 0 Å². The van der Waals surface area contributed by atoms with E-state index in [4.69, 9.17) is 0 Å². The van der Waals surface area contributed by atoms with E-state index in [0.29, 0.717) is 5.41 Å². The third-order valence-electron chi connectivity index (χ3n) is 10.1. The van der Waals surface area contributed by atoms with Gasteiger partial charge in [0.05, 0.1) is 0 Å². The average Bonchev–Trinajstić information content (AvgIpc) is 3.70. The molecule has 0 aliphatic heterocycles. The summed E-state index contributed by atoms with van der Waals surface area (Å²) in [6.45, 7) is 24.9. The van der Waals surface area contributed by atoms with Crippen LogP contribution in [0.25, 0.3) is 22.3 Å². The zero-order valence-corrected chi connectivity index (χ0v) is 35.7. The summed E-state index contributed by atoms with van der Waals surface area (Å²) in [6.07, 6.45) is 4.07. The summed E-state index contributed by atoms with van der Waals surface area (Å²) in [5.74, 6) is 0. The maximum absolute atomic E-state index is 12.0. The molecule has 4 aromatic carbocycles. The first-order valence-electron chi connectivity index (χ1n) is 17.3. The van der Waals surface area contributed by atoms with Crippen LogP contribution in [0.1, 0.15) is 130 Å². The maximum atomic E-state index is 12.0. The molecule has 0 aromatic heterocycles. The summed E-state index contributed by atoms with van der Waals surface area (Å²) in [6, 6.07) is 19.6. The van der Waals surface area contributed by atoms with Crippen LogP contribution < -0.4 is 24.8 Å². The summed E-state index contributed by atoms with van der Waals surface area (Å²) < 4.78 is 37.9. The predicted octanol–water partition coefficient (Wildman–Crippen LogP) is 6.43. The van der Waals surface area contributed by atoms with Crippen LogP contribution in [0.2, 0.25) is 0 Å². The Morgan fingerprint density at radius 2 is 1.35 bits per heavy atom. The van der Waals surface area contributed by atoms with Crippen LogP contribution >= 0.6 is 0 Å². The number of aryl methyl sites for hydroxylation is 2. The van der Waals surface area contributed by atoms with Crippen molar-refractivity contribution in [2.75, 3.05) is 0 Å². The summed E-state index contributed by atoms with van der Waals surface area (Å²) in [5, 5.41) is 0. The number of fused-ring (bicyclic) bond motifs is 5. The molecule has 3 aliphatic rings. The molecule has 0 saturated heterocycles. The number of hydrogen-bond acceptors (Lipinski definition) is 0. The Bertz CT molecular complexity index is 1890. The Morgan fingerprint density at radius 1 is 0.804 bits per heavy atom. The van der Waals surface area contributed by atoms with Crippen LogP contribution in [-0.4, -0.2) is 3.71 Å². The van der Waals surface area contributed by atoms with Gasteiger partial charge >= 0.3 is 82.7 Å². The second kappa shape index (κ2) is 15.5. The number of allylic oxidation sites excluding steroid dienone is 4. The molecule has 0 fully saturated rings. The van der Waals surface area contributed by atoms with Crippen molar-refractivity contribution in [2.24, 2.45) is 0 Å². The average molecular weight is 809 g/mol. The standard InChI is InChI=1S/C25H25.C12H19.C8H5F3.2ClH.Zr/c1-14-12-24(3,4)22-8-16-7-17-9-23-19(15(2)13-25(23,5)6)11-21(17)20(16)10-18(14)22;1-6-10-7-9(2)8-11(10)12(3,4)5;1-6-2-4-7(5-3-6)8(9,10)11;;;/h8-12H,7H2,1-6H3;7-8H,6H2,1-5H3;1-5H;2*1H;/q2*-1;;;;+2/p-2. The third kappa shape index (κ3) is 8.88. The first-order valence-corrected chi connectivity index (χ1v) is 18.7. The summed E-state index contributed by atoms with van der Waals surface area (Å²) in [5.41, 5.74) is 19.5. The van der Waals surface area contributed by atoms with Gasteiger partial charge in [0.25, 0.3) is 0 Å². The van der Waals surface area contributed by atoms with Gasteiger partial charge in [-0.15, -0.1) is 11.6 Å². The quantitative estimate of drug-likeness (QED) is 0.181. The minimum atomic E-state index is -4.22. The van der Waals surface area contributed by atoms with Crippen molar-refractivity contribution in [1.82, 2.24) is 0 Å². The van der Waals surface area contributed by atoms with Gasteiger partial charge in [-0.1, -0.05) is 105 Å². The van der Waals surface area contributed by atoms with Crippen molar-refractivity contribution in [3.8, 4) is 11.1 Å². The van der Waals surface area contributed by atoms with Crippen LogP contribution in [0.3, 0.4) is 0 Å². The predicted molar refractivity (Wildman–Crippen MR) is 198 cm³/mol.